The summed E-state index contributed by atoms with van der Waals surface area (Å²) in [6.07, 6.45) is 1.66. The number of carbonyl (C=O) groups is 3. The third-order valence-electron chi connectivity index (χ3n) is 4.90. The lowest BCUT2D eigenvalue weighted by atomic mass is 10.0. The standard InChI is InChI=1S/C26H28N2O5/c1-5-32-26(31)24-18(4)28(20-9-7-6-8-10-20)25(30)22(24)15-19-11-13-21(14-12-19)33-16-23(29)27-17(2)3/h6-15,17H,5,16H2,1-4H3,(H,27,29)/b22-15-. The van der Waals surface area contributed by atoms with Gasteiger partial charge in [0.05, 0.1) is 17.8 Å². The van der Waals surface area contributed by atoms with Crippen LogP contribution in [0.4, 0.5) is 5.69 Å². The van der Waals surface area contributed by atoms with Crippen LogP contribution in [0.15, 0.2) is 71.4 Å². The molecule has 7 heteroatoms. The number of rotatable bonds is 8. The van der Waals surface area contributed by atoms with E-state index in [-0.39, 0.29) is 42.2 Å². The van der Waals surface area contributed by atoms with Crippen molar-refractivity contribution in [1.29, 1.82) is 0 Å². The van der Waals surface area contributed by atoms with Gasteiger partial charge in [-0.15, -0.1) is 0 Å². The summed E-state index contributed by atoms with van der Waals surface area (Å²) in [6, 6.07) is 16.2. The Hall–Kier alpha value is -3.87. The first-order valence-corrected chi connectivity index (χ1v) is 10.8. The maximum atomic E-state index is 13.3. The summed E-state index contributed by atoms with van der Waals surface area (Å²) < 4.78 is 10.7. The minimum atomic E-state index is -0.538. The van der Waals surface area contributed by atoms with Crippen molar-refractivity contribution >= 4 is 29.5 Å². The van der Waals surface area contributed by atoms with E-state index in [9.17, 15) is 14.4 Å². The minimum absolute atomic E-state index is 0.0413. The Labute approximate surface area is 193 Å². The SMILES string of the molecule is CCOC(=O)C1=C(C)N(c2ccccc2)C(=O)/C1=C\c1ccc(OCC(=O)NC(C)C)cc1. The molecule has 2 aromatic carbocycles. The number of anilines is 1. The van der Waals surface area contributed by atoms with Crippen LogP contribution in [0.25, 0.3) is 6.08 Å². The first-order chi connectivity index (χ1) is 15.8. The van der Waals surface area contributed by atoms with Gasteiger partial charge in [-0.2, -0.15) is 0 Å². The second-order valence-electron chi connectivity index (χ2n) is 7.79. The number of esters is 1. The molecule has 0 spiro atoms. The Kier molecular flexibility index (Phi) is 7.66. The van der Waals surface area contributed by atoms with Crippen molar-refractivity contribution < 1.29 is 23.9 Å². The van der Waals surface area contributed by atoms with Crippen molar-refractivity contribution in [1.82, 2.24) is 5.32 Å². The van der Waals surface area contributed by atoms with Gasteiger partial charge in [-0.25, -0.2) is 4.79 Å². The van der Waals surface area contributed by atoms with Gasteiger partial charge in [0.1, 0.15) is 5.75 Å². The smallest absolute Gasteiger partial charge is 0.340 e. The molecule has 0 aromatic heterocycles. The van der Waals surface area contributed by atoms with Gasteiger partial charge in [-0.05, 0) is 63.6 Å². The van der Waals surface area contributed by atoms with Crippen molar-refractivity contribution in [2.75, 3.05) is 18.1 Å². The van der Waals surface area contributed by atoms with E-state index in [0.717, 1.165) is 0 Å². The number of carbonyl (C=O) groups excluding carboxylic acids is 3. The first-order valence-electron chi connectivity index (χ1n) is 10.8. The molecule has 0 saturated heterocycles. The van der Waals surface area contributed by atoms with E-state index in [1.165, 1.54) is 4.90 Å². The molecule has 2 amide bonds. The van der Waals surface area contributed by atoms with Gasteiger partial charge in [-0.1, -0.05) is 30.3 Å². The first kappa shape index (κ1) is 23.8. The van der Waals surface area contributed by atoms with Crippen LogP contribution in [0.5, 0.6) is 5.75 Å². The molecule has 0 saturated carbocycles. The highest BCUT2D eigenvalue weighted by atomic mass is 16.5. The Morgan fingerprint density at radius 1 is 1.06 bits per heavy atom. The van der Waals surface area contributed by atoms with E-state index in [1.807, 2.05) is 44.2 Å². The Bertz CT molecular complexity index is 1090. The Balaban J connectivity index is 1.86. The van der Waals surface area contributed by atoms with Gasteiger partial charge in [0, 0.05) is 17.4 Å². The Morgan fingerprint density at radius 3 is 2.33 bits per heavy atom. The van der Waals surface area contributed by atoms with Crippen LogP contribution in [0.1, 0.15) is 33.3 Å². The van der Waals surface area contributed by atoms with Gasteiger partial charge >= 0.3 is 5.97 Å². The lowest BCUT2D eigenvalue weighted by molar-refractivity contribution is -0.138. The maximum absolute atomic E-state index is 13.3. The molecule has 3 rings (SSSR count). The van der Waals surface area contributed by atoms with Crippen LogP contribution >= 0.6 is 0 Å². The van der Waals surface area contributed by atoms with Gasteiger partial charge in [0.25, 0.3) is 11.8 Å². The number of hydrogen-bond acceptors (Lipinski definition) is 5. The van der Waals surface area contributed by atoms with Crippen LogP contribution in [-0.4, -0.2) is 37.0 Å². The molecular weight excluding hydrogens is 420 g/mol. The van der Waals surface area contributed by atoms with Crippen molar-refractivity contribution in [3.8, 4) is 5.75 Å². The topological polar surface area (TPSA) is 84.9 Å². The molecule has 172 valence electrons. The summed E-state index contributed by atoms with van der Waals surface area (Å²) in [4.78, 5) is 39.3. The predicted molar refractivity (Wildman–Crippen MR) is 126 cm³/mol. The van der Waals surface area contributed by atoms with Crippen molar-refractivity contribution in [3.63, 3.8) is 0 Å². The third-order valence-corrected chi connectivity index (χ3v) is 4.90. The van der Waals surface area contributed by atoms with Crippen LogP contribution in [0, 0.1) is 0 Å². The average molecular weight is 449 g/mol. The van der Waals surface area contributed by atoms with Gasteiger partial charge in [-0.3, -0.25) is 14.5 Å². The zero-order valence-electron chi connectivity index (χ0n) is 19.3. The third kappa shape index (κ3) is 5.68. The number of nitrogens with one attached hydrogen (secondary N) is 1. The molecule has 1 aliphatic heterocycles. The highest BCUT2D eigenvalue weighted by Gasteiger charge is 2.37. The highest BCUT2D eigenvalue weighted by molar-refractivity contribution is 6.23. The molecule has 0 bridgehead atoms. The second kappa shape index (κ2) is 10.6. The summed E-state index contributed by atoms with van der Waals surface area (Å²) >= 11 is 0. The van der Waals surface area contributed by atoms with E-state index in [1.54, 1.807) is 44.2 Å². The number of allylic oxidation sites excluding steroid dienone is 1. The lowest BCUT2D eigenvalue weighted by Crippen LogP contribution is -2.34. The molecule has 1 N–H and O–H groups in total. The fourth-order valence-corrected chi connectivity index (χ4v) is 3.51. The molecule has 0 fully saturated rings. The van der Waals surface area contributed by atoms with E-state index >= 15 is 0 Å². The van der Waals surface area contributed by atoms with Gasteiger partial charge in [0.15, 0.2) is 6.61 Å². The monoisotopic (exact) mass is 448 g/mol. The highest BCUT2D eigenvalue weighted by Crippen LogP contribution is 2.35. The summed E-state index contributed by atoms with van der Waals surface area (Å²) in [5.41, 5.74) is 2.42. The van der Waals surface area contributed by atoms with E-state index in [0.29, 0.717) is 22.7 Å². The van der Waals surface area contributed by atoms with Crippen molar-refractivity contribution in [2.24, 2.45) is 0 Å². The summed E-state index contributed by atoms with van der Waals surface area (Å²) in [7, 11) is 0. The zero-order chi connectivity index (χ0) is 24.0. The predicted octanol–water partition coefficient (Wildman–Crippen LogP) is 3.86. The lowest BCUT2D eigenvalue weighted by Gasteiger charge is -2.17. The molecule has 0 atom stereocenters. The van der Waals surface area contributed by atoms with Gasteiger partial charge < -0.3 is 14.8 Å². The van der Waals surface area contributed by atoms with Crippen LogP contribution in [0.3, 0.4) is 0 Å². The molecule has 0 aliphatic carbocycles. The van der Waals surface area contributed by atoms with Crippen LogP contribution in [-0.2, 0) is 19.1 Å². The minimum Gasteiger partial charge on any atom is -0.484 e. The molecule has 7 nitrogen and oxygen atoms in total. The molecule has 33 heavy (non-hydrogen) atoms. The maximum Gasteiger partial charge on any atom is 0.340 e. The molecule has 0 unspecified atom stereocenters. The number of ether oxygens (including phenoxy) is 2. The largest absolute Gasteiger partial charge is 0.484 e. The molecule has 2 aromatic rings. The zero-order valence-corrected chi connectivity index (χ0v) is 19.3. The number of nitrogens with zero attached hydrogens (tertiary/aromatic N) is 1. The number of amides is 2. The fourth-order valence-electron chi connectivity index (χ4n) is 3.51. The fraction of sp³-hybridized carbons (Fsp3) is 0.269. The van der Waals surface area contributed by atoms with Crippen LogP contribution in [0.2, 0.25) is 0 Å². The summed E-state index contributed by atoms with van der Waals surface area (Å²) in [6.45, 7) is 7.34. The molecule has 0 radical (unpaired) electrons. The Morgan fingerprint density at radius 2 is 1.73 bits per heavy atom. The number of para-hydroxylation sites is 1. The molecule has 1 aliphatic rings. The quantitative estimate of drug-likeness (QED) is 0.490. The average Bonchev–Trinajstić information content (AvgIpc) is 3.03. The molecular formula is C26H28N2O5. The van der Waals surface area contributed by atoms with Crippen LogP contribution < -0.4 is 15.0 Å². The van der Waals surface area contributed by atoms with E-state index in [4.69, 9.17) is 9.47 Å². The summed E-state index contributed by atoms with van der Waals surface area (Å²) in [5, 5.41) is 2.76. The normalized spacial score (nSPS) is 14.8. The van der Waals surface area contributed by atoms with Gasteiger partial charge in [0.2, 0.25) is 0 Å². The van der Waals surface area contributed by atoms with Crippen molar-refractivity contribution in [2.45, 2.75) is 33.7 Å². The van der Waals surface area contributed by atoms with Crippen molar-refractivity contribution in [3.05, 3.63) is 77.0 Å². The molecule has 1 heterocycles. The van der Waals surface area contributed by atoms with E-state index in [2.05, 4.69) is 5.32 Å². The number of hydrogen-bond donors (Lipinski definition) is 1. The van der Waals surface area contributed by atoms with E-state index < -0.39 is 5.97 Å². The second-order valence-corrected chi connectivity index (χ2v) is 7.79. The number of benzene rings is 2. The summed E-state index contributed by atoms with van der Waals surface area (Å²) in [5.74, 6) is -0.512.